The molecule has 1 N–H and O–H groups in total. The van der Waals surface area contributed by atoms with Gasteiger partial charge in [0.25, 0.3) is 0 Å². The van der Waals surface area contributed by atoms with Gasteiger partial charge in [-0.15, -0.1) is 0 Å². The number of amides is 1. The maximum atomic E-state index is 12.1. The molecule has 0 bridgehead atoms. The molecule has 0 aromatic carbocycles. The maximum absolute atomic E-state index is 12.1. The summed E-state index contributed by atoms with van der Waals surface area (Å²) in [5, 5.41) is 4.02. The SMILES string of the molecule is CCCCn1c(S[C@H]2CCCCNC2=O)nc(C)c1C. The molecule has 0 spiro atoms. The lowest BCUT2D eigenvalue weighted by atomic mass is 10.2. The van der Waals surface area contributed by atoms with Gasteiger partial charge < -0.3 is 9.88 Å². The van der Waals surface area contributed by atoms with Gasteiger partial charge in [0.05, 0.1) is 10.9 Å². The van der Waals surface area contributed by atoms with Gasteiger partial charge in [-0.05, 0) is 33.1 Å². The third-order valence-electron chi connectivity index (χ3n) is 3.89. The molecule has 0 radical (unpaired) electrons. The van der Waals surface area contributed by atoms with E-state index in [9.17, 15) is 4.79 Å². The second-order valence-electron chi connectivity index (χ2n) is 5.46. The highest BCUT2D eigenvalue weighted by molar-refractivity contribution is 8.00. The van der Waals surface area contributed by atoms with E-state index in [-0.39, 0.29) is 11.2 Å². The molecule has 0 aliphatic carbocycles. The van der Waals surface area contributed by atoms with E-state index in [0.29, 0.717) is 0 Å². The predicted octanol–water partition coefficient (Wildman–Crippen LogP) is 3.06. The summed E-state index contributed by atoms with van der Waals surface area (Å²) in [5.41, 5.74) is 2.31. The van der Waals surface area contributed by atoms with Crippen molar-refractivity contribution >= 4 is 17.7 Å². The number of hydrogen-bond acceptors (Lipinski definition) is 3. The molecule has 1 amide bonds. The van der Waals surface area contributed by atoms with E-state index in [1.807, 2.05) is 0 Å². The Morgan fingerprint density at radius 1 is 1.40 bits per heavy atom. The third kappa shape index (κ3) is 3.57. The number of nitrogens with one attached hydrogen (secondary N) is 1. The molecule has 1 aliphatic rings. The van der Waals surface area contributed by atoms with Crippen molar-refractivity contribution in [2.75, 3.05) is 6.54 Å². The van der Waals surface area contributed by atoms with Crippen molar-refractivity contribution in [1.82, 2.24) is 14.9 Å². The molecule has 1 fully saturated rings. The fourth-order valence-corrected chi connectivity index (χ4v) is 3.72. The Labute approximate surface area is 125 Å². The van der Waals surface area contributed by atoms with Gasteiger partial charge in [-0.25, -0.2) is 4.98 Å². The minimum Gasteiger partial charge on any atom is -0.355 e. The number of imidazole rings is 1. The largest absolute Gasteiger partial charge is 0.355 e. The van der Waals surface area contributed by atoms with Crippen LogP contribution in [-0.2, 0) is 11.3 Å². The topological polar surface area (TPSA) is 46.9 Å². The van der Waals surface area contributed by atoms with E-state index in [2.05, 4.69) is 35.6 Å². The molecule has 1 atom stereocenters. The first kappa shape index (κ1) is 15.4. The van der Waals surface area contributed by atoms with Crippen LogP contribution in [0.15, 0.2) is 5.16 Å². The smallest absolute Gasteiger partial charge is 0.233 e. The van der Waals surface area contributed by atoms with Gasteiger partial charge in [-0.2, -0.15) is 0 Å². The van der Waals surface area contributed by atoms with Gasteiger partial charge in [0.1, 0.15) is 0 Å². The highest BCUT2D eigenvalue weighted by Crippen LogP contribution is 2.29. The van der Waals surface area contributed by atoms with Crippen LogP contribution in [0.2, 0.25) is 0 Å². The van der Waals surface area contributed by atoms with Crippen molar-refractivity contribution in [3.63, 3.8) is 0 Å². The Morgan fingerprint density at radius 2 is 2.20 bits per heavy atom. The maximum Gasteiger partial charge on any atom is 0.233 e. The monoisotopic (exact) mass is 295 g/mol. The molecule has 1 aliphatic heterocycles. The lowest BCUT2D eigenvalue weighted by Gasteiger charge is -2.14. The molecule has 1 saturated heterocycles. The van der Waals surface area contributed by atoms with Gasteiger partial charge >= 0.3 is 0 Å². The molecule has 2 rings (SSSR count). The van der Waals surface area contributed by atoms with E-state index in [1.165, 1.54) is 12.1 Å². The van der Waals surface area contributed by atoms with Crippen LogP contribution < -0.4 is 5.32 Å². The summed E-state index contributed by atoms with van der Waals surface area (Å²) < 4.78 is 2.28. The van der Waals surface area contributed by atoms with Crippen LogP contribution >= 0.6 is 11.8 Å². The van der Waals surface area contributed by atoms with Crippen molar-refractivity contribution in [3.8, 4) is 0 Å². The Balaban J connectivity index is 2.14. The third-order valence-corrected chi connectivity index (χ3v) is 5.15. The summed E-state index contributed by atoms with van der Waals surface area (Å²) in [6, 6.07) is 0. The average Bonchev–Trinajstić information content (AvgIpc) is 2.58. The number of aryl methyl sites for hydroxylation is 1. The summed E-state index contributed by atoms with van der Waals surface area (Å²) in [6.45, 7) is 8.19. The van der Waals surface area contributed by atoms with Crippen molar-refractivity contribution in [2.24, 2.45) is 0 Å². The average molecular weight is 295 g/mol. The van der Waals surface area contributed by atoms with Crippen LogP contribution in [0.3, 0.4) is 0 Å². The van der Waals surface area contributed by atoms with Crippen LogP contribution in [0.1, 0.15) is 50.4 Å². The first-order valence-electron chi connectivity index (χ1n) is 7.61. The van der Waals surface area contributed by atoms with Crippen molar-refractivity contribution in [2.45, 2.75) is 69.8 Å². The minimum atomic E-state index is 0.0130. The number of carbonyl (C=O) groups excluding carboxylic acids is 1. The molecule has 0 saturated carbocycles. The van der Waals surface area contributed by atoms with Crippen molar-refractivity contribution in [1.29, 1.82) is 0 Å². The lowest BCUT2D eigenvalue weighted by Crippen LogP contribution is -2.30. The summed E-state index contributed by atoms with van der Waals surface area (Å²) in [4.78, 5) is 16.7. The zero-order valence-corrected chi connectivity index (χ0v) is 13.6. The molecule has 1 aromatic heterocycles. The summed E-state index contributed by atoms with van der Waals surface area (Å²) in [6.07, 6.45) is 5.48. The Morgan fingerprint density at radius 3 is 2.95 bits per heavy atom. The number of aromatic nitrogens is 2. The highest BCUT2D eigenvalue weighted by atomic mass is 32.2. The second kappa shape index (κ2) is 7.16. The first-order valence-corrected chi connectivity index (χ1v) is 8.49. The lowest BCUT2D eigenvalue weighted by molar-refractivity contribution is -0.120. The second-order valence-corrected chi connectivity index (χ2v) is 6.63. The quantitative estimate of drug-likeness (QED) is 0.908. The molecular weight excluding hydrogens is 270 g/mol. The fraction of sp³-hybridized carbons (Fsp3) is 0.733. The van der Waals surface area contributed by atoms with E-state index in [0.717, 1.165) is 49.6 Å². The van der Waals surface area contributed by atoms with Crippen LogP contribution in [0, 0.1) is 13.8 Å². The van der Waals surface area contributed by atoms with Crippen molar-refractivity contribution in [3.05, 3.63) is 11.4 Å². The highest BCUT2D eigenvalue weighted by Gasteiger charge is 2.24. The molecule has 4 nitrogen and oxygen atoms in total. The molecule has 1 aromatic rings. The van der Waals surface area contributed by atoms with Gasteiger partial charge in [0, 0.05) is 18.8 Å². The fourth-order valence-electron chi connectivity index (χ4n) is 2.44. The summed E-state index contributed by atoms with van der Waals surface area (Å²) >= 11 is 1.64. The normalized spacial score (nSPS) is 19.8. The standard InChI is InChI=1S/C15H25N3OS/c1-4-5-10-18-12(3)11(2)17-15(18)20-13-8-6-7-9-16-14(13)19/h13H,4-10H2,1-3H3,(H,16,19)/t13-/m0/s1. The van der Waals surface area contributed by atoms with E-state index < -0.39 is 0 Å². The Hall–Kier alpha value is -0.970. The zero-order chi connectivity index (χ0) is 14.5. The number of thioether (sulfide) groups is 1. The number of unbranched alkanes of at least 4 members (excludes halogenated alkanes) is 1. The van der Waals surface area contributed by atoms with Crippen LogP contribution in [0.5, 0.6) is 0 Å². The van der Waals surface area contributed by atoms with E-state index >= 15 is 0 Å². The number of nitrogens with zero attached hydrogens (tertiary/aromatic N) is 2. The number of rotatable bonds is 5. The summed E-state index contributed by atoms with van der Waals surface area (Å²) in [7, 11) is 0. The van der Waals surface area contributed by atoms with E-state index in [4.69, 9.17) is 0 Å². The molecule has 20 heavy (non-hydrogen) atoms. The molecular formula is C15H25N3OS. The molecule has 5 heteroatoms. The summed E-state index contributed by atoms with van der Waals surface area (Å²) in [5.74, 6) is 0.174. The van der Waals surface area contributed by atoms with E-state index in [1.54, 1.807) is 11.8 Å². The van der Waals surface area contributed by atoms with Crippen LogP contribution in [-0.4, -0.2) is 27.3 Å². The molecule has 112 valence electrons. The molecule has 2 heterocycles. The number of hydrogen-bond donors (Lipinski definition) is 1. The zero-order valence-electron chi connectivity index (χ0n) is 12.7. The number of carbonyl (C=O) groups is 1. The van der Waals surface area contributed by atoms with Gasteiger partial charge in [0.2, 0.25) is 5.91 Å². The van der Waals surface area contributed by atoms with Gasteiger partial charge in [-0.3, -0.25) is 4.79 Å². The predicted molar refractivity (Wildman–Crippen MR) is 83.1 cm³/mol. The van der Waals surface area contributed by atoms with Gasteiger partial charge in [-0.1, -0.05) is 31.5 Å². The van der Waals surface area contributed by atoms with Gasteiger partial charge in [0.15, 0.2) is 5.16 Å². The minimum absolute atomic E-state index is 0.0130. The first-order chi connectivity index (χ1) is 9.63. The molecule has 0 unspecified atom stereocenters. The Bertz CT molecular complexity index is 470. The van der Waals surface area contributed by atoms with Crippen LogP contribution in [0.25, 0.3) is 0 Å². The van der Waals surface area contributed by atoms with Crippen molar-refractivity contribution < 1.29 is 4.79 Å². The van der Waals surface area contributed by atoms with Crippen LogP contribution in [0.4, 0.5) is 0 Å². The Kier molecular flexibility index (Phi) is 5.52.